The van der Waals surface area contributed by atoms with Crippen LogP contribution in [-0.2, 0) is 0 Å². The van der Waals surface area contributed by atoms with Crippen LogP contribution in [0.5, 0.6) is 0 Å². The zero-order valence-corrected chi connectivity index (χ0v) is 10.0. The molecule has 0 saturated heterocycles. The monoisotopic (exact) mass is 221 g/mol. The van der Waals surface area contributed by atoms with Crippen LogP contribution in [0.2, 0.25) is 0 Å². The molecular formula is C10H20ClNS. The Morgan fingerprint density at radius 2 is 2.23 bits per heavy atom. The highest BCUT2D eigenvalue weighted by Gasteiger charge is 2.40. The summed E-state index contributed by atoms with van der Waals surface area (Å²) >= 11 is 7.76. The lowest BCUT2D eigenvalue weighted by Crippen LogP contribution is -2.26. The van der Waals surface area contributed by atoms with Gasteiger partial charge in [-0.05, 0) is 30.4 Å². The van der Waals surface area contributed by atoms with Gasteiger partial charge in [-0.3, -0.25) is 0 Å². The molecule has 0 aromatic rings. The minimum absolute atomic E-state index is 0.596. The first-order valence-electron chi connectivity index (χ1n) is 5.17. The van der Waals surface area contributed by atoms with E-state index < -0.39 is 0 Å². The summed E-state index contributed by atoms with van der Waals surface area (Å²) in [7, 11) is 0. The maximum atomic E-state index is 5.76. The third-order valence-corrected chi connectivity index (χ3v) is 3.80. The van der Waals surface area contributed by atoms with Crippen LogP contribution in [0.1, 0.15) is 26.2 Å². The second-order valence-electron chi connectivity index (χ2n) is 3.81. The van der Waals surface area contributed by atoms with E-state index in [0.29, 0.717) is 5.41 Å². The van der Waals surface area contributed by atoms with E-state index in [1.54, 1.807) is 0 Å². The third-order valence-electron chi connectivity index (χ3n) is 2.71. The lowest BCUT2D eigenvalue weighted by atomic mass is 10.0. The number of rotatable bonds is 8. The van der Waals surface area contributed by atoms with Crippen LogP contribution in [0.3, 0.4) is 0 Å². The summed E-state index contributed by atoms with van der Waals surface area (Å²) in [6.07, 6.45) is 3.96. The molecule has 1 aliphatic rings. The Morgan fingerprint density at radius 1 is 1.46 bits per heavy atom. The molecular weight excluding hydrogens is 202 g/mol. The van der Waals surface area contributed by atoms with Crippen LogP contribution in [0, 0.1) is 5.41 Å². The fourth-order valence-corrected chi connectivity index (χ4v) is 2.51. The van der Waals surface area contributed by atoms with E-state index in [4.69, 9.17) is 11.6 Å². The first-order chi connectivity index (χ1) is 6.33. The van der Waals surface area contributed by atoms with Crippen molar-refractivity contribution in [2.24, 2.45) is 5.41 Å². The van der Waals surface area contributed by atoms with Crippen molar-refractivity contribution in [2.45, 2.75) is 26.2 Å². The molecule has 0 spiro atoms. The molecule has 3 heteroatoms. The lowest BCUT2D eigenvalue weighted by molar-refractivity contribution is 0.454. The number of thioether (sulfide) groups is 1. The summed E-state index contributed by atoms with van der Waals surface area (Å²) in [4.78, 5) is 0. The molecule has 0 aliphatic heterocycles. The van der Waals surface area contributed by atoms with E-state index in [1.165, 1.54) is 37.3 Å². The summed E-state index contributed by atoms with van der Waals surface area (Å²) in [6, 6.07) is 0. The molecule has 0 radical (unpaired) electrons. The van der Waals surface area contributed by atoms with Crippen LogP contribution in [0.25, 0.3) is 0 Å². The molecule has 1 rings (SSSR count). The Kier molecular flexibility index (Phi) is 5.52. The van der Waals surface area contributed by atoms with Crippen LogP contribution < -0.4 is 5.32 Å². The Hall–Kier alpha value is 0.600. The van der Waals surface area contributed by atoms with E-state index in [9.17, 15) is 0 Å². The maximum absolute atomic E-state index is 5.76. The molecule has 0 atom stereocenters. The van der Waals surface area contributed by atoms with E-state index >= 15 is 0 Å². The first-order valence-corrected chi connectivity index (χ1v) is 6.86. The van der Waals surface area contributed by atoms with Gasteiger partial charge in [-0.15, -0.1) is 11.6 Å². The van der Waals surface area contributed by atoms with Gasteiger partial charge in [-0.1, -0.05) is 6.92 Å². The molecule has 13 heavy (non-hydrogen) atoms. The van der Waals surface area contributed by atoms with Gasteiger partial charge >= 0.3 is 0 Å². The van der Waals surface area contributed by atoms with Crippen molar-refractivity contribution >= 4 is 23.4 Å². The SMILES string of the molecule is CCSCCNCC1(CCCl)CC1. The smallest absolute Gasteiger partial charge is 0.0229 e. The Bertz CT molecular complexity index is 137. The number of nitrogens with one attached hydrogen (secondary N) is 1. The molecule has 1 nitrogen and oxygen atoms in total. The summed E-state index contributed by atoms with van der Waals surface area (Å²) in [6.45, 7) is 4.55. The van der Waals surface area contributed by atoms with Gasteiger partial charge < -0.3 is 5.32 Å². The lowest BCUT2D eigenvalue weighted by Gasteiger charge is -2.13. The van der Waals surface area contributed by atoms with Crippen LogP contribution in [0.4, 0.5) is 0 Å². The number of hydrogen-bond acceptors (Lipinski definition) is 2. The van der Waals surface area contributed by atoms with E-state index in [0.717, 1.165) is 12.4 Å². The molecule has 1 N–H and O–H groups in total. The molecule has 0 aromatic heterocycles. The summed E-state index contributed by atoms with van der Waals surface area (Å²) in [5.41, 5.74) is 0.596. The van der Waals surface area contributed by atoms with Crippen LogP contribution in [-0.4, -0.2) is 30.5 Å². The van der Waals surface area contributed by atoms with Gasteiger partial charge in [-0.2, -0.15) is 11.8 Å². The summed E-state index contributed by atoms with van der Waals surface area (Å²) in [5, 5.41) is 3.53. The number of hydrogen-bond donors (Lipinski definition) is 1. The predicted molar refractivity (Wildman–Crippen MR) is 62.9 cm³/mol. The fraction of sp³-hybridized carbons (Fsp3) is 1.00. The van der Waals surface area contributed by atoms with E-state index in [2.05, 4.69) is 12.2 Å². The Balaban J connectivity index is 1.93. The van der Waals surface area contributed by atoms with Crippen molar-refractivity contribution in [1.29, 1.82) is 0 Å². The molecule has 0 bridgehead atoms. The predicted octanol–water partition coefficient (Wildman–Crippen LogP) is 2.74. The van der Waals surface area contributed by atoms with Crippen molar-refractivity contribution in [1.82, 2.24) is 5.32 Å². The van der Waals surface area contributed by atoms with Gasteiger partial charge in [0, 0.05) is 24.7 Å². The quantitative estimate of drug-likeness (QED) is 0.500. The average molecular weight is 222 g/mol. The third kappa shape index (κ3) is 4.57. The van der Waals surface area contributed by atoms with Crippen molar-refractivity contribution in [3.8, 4) is 0 Å². The minimum atomic E-state index is 0.596. The zero-order chi connectivity index (χ0) is 9.57. The van der Waals surface area contributed by atoms with Crippen molar-refractivity contribution in [3.63, 3.8) is 0 Å². The molecule has 1 fully saturated rings. The highest BCUT2D eigenvalue weighted by molar-refractivity contribution is 7.99. The molecule has 1 aliphatic carbocycles. The molecule has 78 valence electrons. The van der Waals surface area contributed by atoms with Crippen molar-refractivity contribution in [3.05, 3.63) is 0 Å². The van der Waals surface area contributed by atoms with Crippen molar-refractivity contribution in [2.75, 3.05) is 30.5 Å². The van der Waals surface area contributed by atoms with Crippen molar-refractivity contribution < 1.29 is 0 Å². The van der Waals surface area contributed by atoms with Gasteiger partial charge in [-0.25, -0.2) is 0 Å². The molecule has 0 amide bonds. The Labute approximate surface area is 91.0 Å². The van der Waals surface area contributed by atoms with E-state index in [1.807, 2.05) is 11.8 Å². The first kappa shape index (κ1) is 11.7. The van der Waals surface area contributed by atoms with E-state index in [-0.39, 0.29) is 0 Å². The van der Waals surface area contributed by atoms with Gasteiger partial charge in [0.1, 0.15) is 0 Å². The standard InChI is InChI=1S/C10H20ClNS/c1-2-13-8-7-12-9-10(3-4-10)5-6-11/h12H,2-9H2,1H3. The minimum Gasteiger partial charge on any atom is -0.315 e. The highest BCUT2D eigenvalue weighted by Crippen LogP contribution is 2.48. The highest BCUT2D eigenvalue weighted by atomic mass is 35.5. The topological polar surface area (TPSA) is 12.0 Å². The summed E-state index contributed by atoms with van der Waals surface area (Å²) < 4.78 is 0. The molecule has 0 aromatic carbocycles. The second kappa shape index (κ2) is 6.15. The number of alkyl halides is 1. The fourth-order valence-electron chi connectivity index (χ4n) is 1.53. The van der Waals surface area contributed by atoms with Crippen LogP contribution in [0.15, 0.2) is 0 Å². The molecule has 0 unspecified atom stereocenters. The van der Waals surface area contributed by atoms with Gasteiger partial charge in [0.2, 0.25) is 0 Å². The average Bonchev–Trinajstić information content (AvgIpc) is 2.86. The maximum Gasteiger partial charge on any atom is 0.0229 e. The molecule has 1 saturated carbocycles. The zero-order valence-electron chi connectivity index (χ0n) is 8.44. The van der Waals surface area contributed by atoms with Crippen LogP contribution >= 0.6 is 23.4 Å². The summed E-state index contributed by atoms with van der Waals surface area (Å²) in [5.74, 6) is 3.30. The Morgan fingerprint density at radius 3 is 2.77 bits per heavy atom. The van der Waals surface area contributed by atoms with Gasteiger partial charge in [0.25, 0.3) is 0 Å². The molecule has 0 heterocycles. The number of halogens is 1. The second-order valence-corrected chi connectivity index (χ2v) is 5.58. The van der Waals surface area contributed by atoms with Gasteiger partial charge in [0.05, 0.1) is 0 Å². The largest absolute Gasteiger partial charge is 0.315 e. The normalized spacial score (nSPS) is 18.9. The van der Waals surface area contributed by atoms with Gasteiger partial charge in [0.15, 0.2) is 0 Å².